The molecular formula is C9H14N6S. The highest BCUT2D eigenvalue weighted by Crippen LogP contribution is 2.18. The van der Waals surface area contributed by atoms with Crippen molar-refractivity contribution in [1.82, 2.24) is 29.1 Å². The Morgan fingerprint density at radius 2 is 2.38 bits per heavy atom. The summed E-state index contributed by atoms with van der Waals surface area (Å²) in [7, 11) is 1.88. The lowest BCUT2D eigenvalue weighted by atomic mass is 10.1. The molecule has 0 aliphatic heterocycles. The summed E-state index contributed by atoms with van der Waals surface area (Å²) in [4.78, 5) is 0. The Hall–Kier alpha value is -1.34. The number of nitrogens with one attached hydrogen (secondary N) is 1. The minimum absolute atomic E-state index is 0.0266. The fourth-order valence-electron chi connectivity index (χ4n) is 1.51. The average molecular weight is 238 g/mol. The van der Waals surface area contributed by atoms with E-state index in [-0.39, 0.29) is 6.04 Å². The lowest BCUT2D eigenvalue weighted by Crippen LogP contribution is -2.25. The molecule has 0 aromatic carbocycles. The first-order valence-electron chi connectivity index (χ1n) is 5.18. The number of nitrogens with zero attached hydrogens (tertiary/aromatic N) is 5. The van der Waals surface area contributed by atoms with Crippen molar-refractivity contribution >= 4 is 11.7 Å². The Morgan fingerprint density at radius 1 is 1.50 bits per heavy atom. The molecule has 0 fully saturated rings. The quantitative estimate of drug-likeness (QED) is 0.832. The molecule has 2 rings (SSSR count). The summed E-state index contributed by atoms with van der Waals surface area (Å²) in [5, 5.41) is 11.2. The molecule has 0 spiro atoms. The van der Waals surface area contributed by atoms with Crippen LogP contribution in [0.2, 0.25) is 0 Å². The molecule has 2 heterocycles. The molecule has 7 heteroatoms. The maximum atomic E-state index is 4.27. The topological polar surface area (TPSA) is 68.5 Å². The van der Waals surface area contributed by atoms with E-state index >= 15 is 0 Å². The molecule has 1 atom stereocenters. The Bertz CT molecular complexity index is 423. The predicted molar refractivity (Wildman–Crippen MR) is 61.0 cm³/mol. The van der Waals surface area contributed by atoms with E-state index in [0.29, 0.717) is 0 Å². The molecule has 0 radical (unpaired) electrons. The monoisotopic (exact) mass is 238 g/mol. The first-order chi connectivity index (χ1) is 7.83. The summed E-state index contributed by atoms with van der Waals surface area (Å²) in [6.45, 7) is 3.05. The molecule has 86 valence electrons. The van der Waals surface area contributed by atoms with Crippen LogP contribution in [0.4, 0.5) is 0 Å². The third-order valence-electron chi connectivity index (χ3n) is 2.32. The molecule has 0 aliphatic carbocycles. The van der Waals surface area contributed by atoms with Gasteiger partial charge in [0.15, 0.2) is 0 Å². The second kappa shape index (κ2) is 5.13. The zero-order chi connectivity index (χ0) is 11.4. The molecule has 0 bridgehead atoms. The summed E-state index contributed by atoms with van der Waals surface area (Å²) in [5.74, 6) is 0. The zero-order valence-corrected chi connectivity index (χ0v) is 10.1. The summed E-state index contributed by atoms with van der Waals surface area (Å²) >= 11 is 1.21. The van der Waals surface area contributed by atoms with Crippen molar-refractivity contribution < 1.29 is 0 Å². The van der Waals surface area contributed by atoms with Crippen LogP contribution in [0.25, 0.3) is 0 Å². The van der Waals surface area contributed by atoms with E-state index in [1.54, 1.807) is 17.1 Å². The van der Waals surface area contributed by atoms with Crippen LogP contribution in [0.15, 0.2) is 12.4 Å². The predicted octanol–water partition coefficient (Wildman–Crippen LogP) is 0.756. The van der Waals surface area contributed by atoms with Crippen molar-refractivity contribution in [3.63, 3.8) is 0 Å². The highest BCUT2D eigenvalue weighted by atomic mass is 32.1. The van der Waals surface area contributed by atoms with Crippen LogP contribution in [0, 0.1) is 0 Å². The number of hydrogen-bond donors (Lipinski definition) is 1. The van der Waals surface area contributed by atoms with Crippen LogP contribution in [-0.2, 0) is 7.05 Å². The number of aryl methyl sites for hydroxylation is 1. The molecule has 2 aromatic rings. The molecule has 16 heavy (non-hydrogen) atoms. The van der Waals surface area contributed by atoms with E-state index in [2.05, 4.69) is 31.3 Å². The van der Waals surface area contributed by atoms with Gasteiger partial charge in [-0.1, -0.05) is 12.1 Å². The summed E-state index contributed by atoms with van der Waals surface area (Å²) in [6.07, 6.45) is 4.61. The van der Waals surface area contributed by atoms with E-state index in [1.807, 2.05) is 7.05 Å². The van der Waals surface area contributed by atoms with Crippen molar-refractivity contribution in [1.29, 1.82) is 0 Å². The van der Waals surface area contributed by atoms with Gasteiger partial charge < -0.3 is 5.32 Å². The number of aromatic nitrogens is 5. The van der Waals surface area contributed by atoms with Crippen LogP contribution in [-0.4, -0.2) is 30.3 Å². The van der Waals surface area contributed by atoms with E-state index in [1.165, 1.54) is 11.7 Å². The average Bonchev–Trinajstić information content (AvgIpc) is 2.91. The molecule has 6 nitrogen and oxygen atoms in total. The molecule has 0 amide bonds. The molecule has 0 saturated carbocycles. The molecule has 0 saturated heterocycles. The van der Waals surface area contributed by atoms with Crippen molar-refractivity contribution in [2.45, 2.75) is 19.4 Å². The Morgan fingerprint density at radius 3 is 2.94 bits per heavy atom. The van der Waals surface area contributed by atoms with Crippen LogP contribution in [0.1, 0.15) is 30.8 Å². The minimum atomic E-state index is 0.0266. The third-order valence-corrected chi connectivity index (χ3v) is 2.81. The second-order valence-electron chi connectivity index (χ2n) is 3.50. The largest absolute Gasteiger partial charge is 0.304 e. The van der Waals surface area contributed by atoms with Gasteiger partial charge in [-0.3, -0.25) is 4.68 Å². The molecule has 1 unspecified atom stereocenters. The summed E-state index contributed by atoms with van der Waals surface area (Å²) in [5.41, 5.74) is 1.92. The van der Waals surface area contributed by atoms with Crippen molar-refractivity contribution in [3.05, 3.63) is 23.8 Å². The smallest absolute Gasteiger partial charge is 0.0974 e. The Kier molecular flexibility index (Phi) is 3.58. The van der Waals surface area contributed by atoms with Gasteiger partial charge in [-0.05, 0) is 13.0 Å². The van der Waals surface area contributed by atoms with Gasteiger partial charge in [-0.2, -0.15) is 8.75 Å². The van der Waals surface area contributed by atoms with Crippen molar-refractivity contribution in [3.8, 4) is 0 Å². The molecule has 0 aliphatic rings. The maximum Gasteiger partial charge on any atom is 0.0974 e. The second-order valence-corrected chi connectivity index (χ2v) is 4.06. The van der Waals surface area contributed by atoms with Gasteiger partial charge in [-0.15, -0.1) is 5.10 Å². The molecular weight excluding hydrogens is 224 g/mol. The SMILES string of the molecule is CCCNC(c1cnsn1)c1cnnn1C. The number of rotatable bonds is 5. The Labute approximate surface area is 98.0 Å². The van der Waals surface area contributed by atoms with Crippen LogP contribution < -0.4 is 5.32 Å². The van der Waals surface area contributed by atoms with Gasteiger partial charge in [0.1, 0.15) is 0 Å². The van der Waals surface area contributed by atoms with E-state index in [9.17, 15) is 0 Å². The van der Waals surface area contributed by atoms with Crippen molar-refractivity contribution in [2.24, 2.45) is 7.05 Å². The van der Waals surface area contributed by atoms with Gasteiger partial charge in [-0.25, -0.2) is 0 Å². The van der Waals surface area contributed by atoms with E-state index < -0.39 is 0 Å². The van der Waals surface area contributed by atoms with Crippen molar-refractivity contribution in [2.75, 3.05) is 6.54 Å². The summed E-state index contributed by atoms with van der Waals surface area (Å²) < 4.78 is 10.1. The van der Waals surface area contributed by atoms with Gasteiger partial charge >= 0.3 is 0 Å². The fourth-order valence-corrected chi connectivity index (χ4v) is 1.96. The first-order valence-corrected chi connectivity index (χ1v) is 5.91. The van der Waals surface area contributed by atoms with E-state index in [0.717, 1.165) is 24.4 Å². The maximum absolute atomic E-state index is 4.27. The van der Waals surface area contributed by atoms with Gasteiger partial charge in [0.25, 0.3) is 0 Å². The lowest BCUT2D eigenvalue weighted by Gasteiger charge is -2.15. The van der Waals surface area contributed by atoms with Crippen LogP contribution in [0.3, 0.4) is 0 Å². The highest BCUT2D eigenvalue weighted by molar-refractivity contribution is 6.99. The zero-order valence-electron chi connectivity index (χ0n) is 9.29. The summed E-state index contributed by atoms with van der Waals surface area (Å²) in [6, 6.07) is 0.0266. The fraction of sp³-hybridized carbons (Fsp3) is 0.556. The van der Waals surface area contributed by atoms with Gasteiger partial charge in [0.2, 0.25) is 0 Å². The normalized spacial score (nSPS) is 12.9. The van der Waals surface area contributed by atoms with Gasteiger partial charge in [0, 0.05) is 7.05 Å². The first kappa shape index (κ1) is 11.2. The highest BCUT2D eigenvalue weighted by Gasteiger charge is 2.19. The molecule has 2 aromatic heterocycles. The standard InChI is InChI=1S/C9H14N6S/c1-3-4-10-9(7-5-12-16-13-7)8-6-11-14-15(8)2/h5-6,9-10H,3-4H2,1-2H3. The van der Waals surface area contributed by atoms with Crippen LogP contribution >= 0.6 is 11.7 Å². The minimum Gasteiger partial charge on any atom is -0.304 e. The van der Waals surface area contributed by atoms with E-state index in [4.69, 9.17) is 0 Å². The number of hydrogen-bond acceptors (Lipinski definition) is 6. The van der Waals surface area contributed by atoms with Gasteiger partial charge in [0.05, 0.1) is 41.6 Å². The molecule has 1 N–H and O–H groups in total. The third kappa shape index (κ3) is 2.25. The lowest BCUT2D eigenvalue weighted by molar-refractivity contribution is 0.544. The van der Waals surface area contributed by atoms with Crippen LogP contribution in [0.5, 0.6) is 0 Å². The Balaban J connectivity index is 2.25.